The normalized spacial score (nSPS) is 17.5. The van der Waals surface area contributed by atoms with Gasteiger partial charge in [0.1, 0.15) is 17.0 Å². The Hall–Kier alpha value is -2.64. The van der Waals surface area contributed by atoms with E-state index in [0.717, 1.165) is 31.5 Å². The minimum Gasteiger partial charge on any atom is -0.494 e. The van der Waals surface area contributed by atoms with Gasteiger partial charge in [0.15, 0.2) is 0 Å². The highest BCUT2D eigenvalue weighted by Gasteiger charge is 2.33. The third-order valence-electron chi connectivity index (χ3n) is 4.88. The Morgan fingerprint density at radius 2 is 1.78 bits per heavy atom. The third kappa shape index (κ3) is 8.13. The van der Waals surface area contributed by atoms with Gasteiger partial charge in [0.05, 0.1) is 12.8 Å². The van der Waals surface area contributed by atoms with E-state index in [4.69, 9.17) is 14.2 Å². The maximum atomic E-state index is 12.5. The van der Waals surface area contributed by atoms with Crippen molar-refractivity contribution in [2.45, 2.75) is 91.0 Å². The zero-order valence-electron chi connectivity index (χ0n) is 20.7. The van der Waals surface area contributed by atoms with E-state index >= 15 is 0 Å². The summed E-state index contributed by atoms with van der Waals surface area (Å²) < 4.78 is 16.3. The highest BCUT2D eigenvalue weighted by Crippen LogP contribution is 2.30. The number of benzene rings is 1. The summed E-state index contributed by atoms with van der Waals surface area (Å²) in [6, 6.07) is 5.76. The first-order valence-electron chi connectivity index (χ1n) is 11.2. The average Bonchev–Trinajstić information content (AvgIpc) is 3.08. The molecule has 180 valence electrons. The lowest BCUT2D eigenvalue weighted by Gasteiger charge is -2.30. The van der Waals surface area contributed by atoms with E-state index in [1.165, 1.54) is 0 Å². The fourth-order valence-electron chi connectivity index (χ4n) is 3.69. The Kier molecular flexibility index (Phi) is 8.26. The molecule has 1 aliphatic rings. The van der Waals surface area contributed by atoms with Crippen LogP contribution in [0.5, 0.6) is 5.75 Å². The van der Waals surface area contributed by atoms with E-state index in [0.29, 0.717) is 11.4 Å². The molecular weight excluding hydrogens is 410 g/mol. The summed E-state index contributed by atoms with van der Waals surface area (Å²) in [4.78, 5) is 26.5. The Balaban J connectivity index is 1.98. The van der Waals surface area contributed by atoms with Gasteiger partial charge in [0.2, 0.25) is 0 Å². The predicted octanol–water partition coefficient (Wildman–Crippen LogP) is 5.63. The number of nitrogens with one attached hydrogen (secondary N) is 2. The van der Waals surface area contributed by atoms with Gasteiger partial charge >= 0.3 is 12.2 Å². The number of rotatable bonds is 6. The molecule has 0 aliphatic carbocycles. The lowest BCUT2D eigenvalue weighted by atomic mass is 10.1. The van der Waals surface area contributed by atoms with E-state index < -0.39 is 17.3 Å². The van der Waals surface area contributed by atoms with Crippen molar-refractivity contribution < 1.29 is 23.8 Å². The Labute approximate surface area is 192 Å². The molecule has 32 heavy (non-hydrogen) atoms. The molecule has 2 N–H and O–H groups in total. The Morgan fingerprint density at radius 1 is 1.12 bits per heavy atom. The van der Waals surface area contributed by atoms with E-state index in [2.05, 4.69) is 17.6 Å². The summed E-state index contributed by atoms with van der Waals surface area (Å²) in [5.74, 6) is 0.532. The predicted molar refractivity (Wildman–Crippen MR) is 127 cm³/mol. The SMILES string of the molecule is COc1cc(NC(C)CC2CCCN2C(=O)OC(C)(C)C)ccc1NC(=O)OC(C)(C)C. The van der Waals surface area contributed by atoms with Crippen molar-refractivity contribution in [1.82, 2.24) is 4.90 Å². The van der Waals surface area contributed by atoms with Crippen LogP contribution in [0.2, 0.25) is 0 Å². The van der Waals surface area contributed by atoms with E-state index in [-0.39, 0.29) is 18.2 Å². The van der Waals surface area contributed by atoms with E-state index in [1.807, 2.05) is 58.6 Å². The molecule has 1 fully saturated rings. The first-order valence-corrected chi connectivity index (χ1v) is 11.2. The summed E-state index contributed by atoms with van der Waals surface area (Å²) in [5, 5.41) is 6.19. The van der Waals surface area contributed by atoms with Crippen LogP contribution in [0, 0.1) is 0 Å². The summed E-state index contributed by atoms with van der Waals surface area (Å²) >= 11 is 0. The maximum absolute atomic E-state index is 12.5. The summed E-state index contributed by atoms with van der Waals surface area (Å²) in [6.45, 7) is 13.9. The quantitative estimate of drug-likeness (QED) is 0.585. The van der Waals surface area contributed by atoms with Crippen molar-refractivity contribution >= 4 is 23.6 Å². The fourth-order valence-corrected chi connectivity index (χ4v) is 3.69. The number of ether oxygens (including phenoxy) is 3. The number of likely N-dealkylation sites (tertiary alicyclic amines) is 1. The zero-order chi connectivity index (χ0) is 24.1. The molecule has 1 heterocycles. The number of anilines is 2. The molecule has 1 aliphatic heterocycles. The van der Waals surface area contributed by atoms with Gasteiger partial charge in [0, 0.05) is 30.4 Å². The molecule has 1 saturated heterocycles. The van der Waals surface area contributed by atoms with Crippen LogP contribution in [-0.4, -0.2) is 54.0 Å². The molecule has 0 saturated carbocycles. The van der Waals surface area contributed by atoms with Crippen LogP contribution in [0.1, 0.15) is 67.7 Å². The van der Waals surface area contributed by atoms with Gasteiger partial charge in [-0.15, -0.1) is 0 Å². The fraction of sp³-hybridized carbons (Fsp3) is 0.667. The summed E-state index contributed by atoms with van der Waals surface area (Å²) in [6.07, 6.45) is 1.97. The van der Waals surface area contributed by atoms with Gasteiger partial charge in [0.25, 0.3) is 0 Å². The van der Waals surface area contributed by atoms with E-state index in [9.17, 15) is 9.59 Å². The number of carbonyl (C=O) groups excluding carboxylic acids is 2. The van der Waals surface area contributed by atoms with Crippen LogP contribution < -0.4 is 15.4 Å². The molecule has 8 heteroatoms. The van der Waals surface area contributed by atoms with Crippen molar-refractivity contribution in [3.05, 3.63) is 18.2 Å². The van der Waals surface area contributed by atoms with Gasteiger partial charge < -0.3 is 24.4 Å². The highest BCUT2D eigenvalue weighted by molar-refractivity contribution is 5.87. The third-order valence-corrected chi connectivity index (χ3v) is 4.88. The highest BCUT2D eigenvalue weighted by atomic mass is 16.6. The first-order chi connectivity index (χ1) is 14.8. The van der Waals surface area contributed by atoms with Crippen molar-refractivity contribution in [2.24, 2.45) is 0 Å². The Morgan fingerprint density at radius 3 is 2.38 bits per heavy atom. The van der Waals surface area contributed by atoms with Crippen molar-refractivity contribution in [1.29, 1.82) is 0 Å². The van der Waals surface area contributed by atoms with E-state index in [1.54, 1.807) is 13.2 Å². The van der Waals surface area contributed by atoms with Crippen LogP contribution in [-0.2, 0) is 9.47 Å². The average molecular weight is 450 g/mol. The molecule has 0 spiro atoms. The van der Waals surface area contributed by atoms with Crippen LogP contribution in [0.25, 0.3) is 0 Å². The minimum absolute atomic E-state index is 0.123. The van der Waals surface area contributed by atoms with Crippen LogP contribution in [0.15, 0.2) is 18.2 Å². The van der Waals surface area contributed by atoms with Crippen LogP contribution >= 0.6 is 0 Å². The number of methoxy groups -OCH3 is 1. The molecule has 0 bridgehead atoms. The number of carbonyl (C=O) groups is 2. The van der Waals surface area contributed by atoms with Crippen molar-refractivity contribution in [2.75, 3.05) is 24.3 Å². The molecule has 2 atom stereocenters. The van der Waals surface area contributed by atoms with Crippen molar-refractivity contribution in [3.63, 3.8) is 0 Å². The second-order valence-electron chi connectivity index (χ2n) is 10.3. The number of nitrogens with zero attached hydrogens (tertiary/aromatic N) is 1. The minimum atomic E-state index is -0.582. The summed E-state index contributed by atoms with van der Waals surface area (Å²) in [7, 11) is 1.56. The molecule has 0 radical (unpaired) electrons. The zero-order valence-corrected chi connectivity index (χ0v) is 20.7. The molecule has 0 aromatic heterocycles. The van der Waals surface area contributed by atoms with Gasteiger partial charge in [-0.3, -0.25) is 5.32 Å². The smallest absolute Gasteiger partial charge is 0.412 e. The lowest BCUT2D eigenvalue weighted by Crippen LogP contribution is -2.41. The molecule has 2 rings (SSSR count). The van der Waals surface area contributed by atoms with Crippen LogP contribution in [0.4, 0.5) is 21.0 Å². The van der Waals surface area contributed by atoms with Gasteiger partial charge in [-0.25, -0.2) is 9.59 Å². The first kappa shape index (κ1) is 25.6. The molecular formula is C24H39N3O5. The lowest BCUT2D eigenvalue weighted by molar-refractivity contribution is 0.0218. The number of hydrogen-bond acceptors (Lipinski definition) is 6. The molecule has 1 aromatic rings. The second-order valence-corrected chi connectivity index (χ2v) is 10.3. The van der Waals surface area contributed by atoms with Gasteiger partial charge in [-0.05, 0) is 79.9 Å². The standard InChI is InChI=1S/C24H39N3O5/c1-16(14-18-10-9-13-27(18)22(29)32-24(5,6)7)25-17-11-12-19(20(15-17)30-8)26-21(28)31-23(2,3)4/h11-12,15-16,18,25H,9-10,13-14H2,1-8H3,(H,26,28). The molecule has 2 amide bonds. The molecule has 2 unspecified atom stereocenters. The Bertz CT molecular complexity index is 798. The maximum Gasteiger partial charge on any atom is 0.412 e. The van der Waals surface area contributed by atoms with Crippen molar-refractivity contribution in [3.8, 4) is 5.75 Å². The molecule has 8 nitrogen and oxygen atoms in total. The monoisotopic (exact) mass is 449 g/mol. The largest absolute Gasteiger partial charge is 0.494 e. The number of hydrogen-bond donors (Lipinski definition) is 2. The second kappa shape index (κ2) is 10.3. The topological polar surface area (TPSA) is 89.1 Å². The number of amides is 2. The van der Waals surface area contributed by atoms with Gasteiger partial charge in [-0.1, -0.05) is 0 Å². The molecule has 1 aromatic carbocycles. The summed E-state index contributed by atoms with van der Waals surface area (Å²) in [5.41, 5.74) is 0.319. The van der Waals surface area contributed by atoms with Crippen LogP contribution in [0.3, 0.4) is 0 Å². The van der Waals surface area contributed by atoms with Gasteiger partial charge in [-0.2, -0.15) is 0 Å².